The fraction of sp³-hybridized carbons (Fsp3) is 0.0500. The SMILES string of the molecule is O=C(Nc1ccc2c(c1)Cc1ccccc1-2)c1cc(F)ccc1F. The molecule has 3 aromatic carbocycles. The van der Waals surface area contributed by atoms with Gasteiger partial charge in [-0.3, -0.25) is 4.79 Å². The summed E-state index contributed by atoms with van der Waals surface area (Å²) in [5, 5.41) is 2.64. The molecular formula is C20H13F2NO. The molecule has 0 radical (unpaired) electrons. The molecule has 1 aliphatic carbocycles. The number of benzene rings is 3. The van der Waals surface area contributed by atoms with E-state index < -0.39 is 17.5 Å². The van der Waals surface area contributed by atoms with Gasteiger partial charge in [0.15, 0.2) is 0 Å². The van der Waals surface area contributed by atoms with Crippen LogP contribution in [0.15, 0.2) is 60.7 Å². The topological polar surface area (TPSA) is 29.1 Å². The molecule has 3 aromatic rings. The molecule has 0 heterocycles. The number of carbonyl (C=O) groups excluding carboxylic acids is 1. The van der Waals surface area contributed by atoms with Gasteiger partial charge in [0.2, 0.25) is 0 Å². The molecule has 1 amide bonds. The molecule has 0 aliphatic heterocycles. The number of halogens is 2. The third kappa shape index (κ3) is 2.46. The average molecular weight is 321 g/mol. The molecule has 4 heteroatoms. The molecule has 118 valence electrons. The van der Waals surface area contributed by atoms with Crippen molar-refractivity contribution in [1.82, 2.24) is 0 Å². The van der Waals surface area contributed by atoms with Crippen molar-refractivity contribution in [2.75, 3.05) is 5.32 Å². The first-order valence-electron chi connectivity index (χ1n) is 7.59. The third-order valence-corrected chi connectivity index (χ3v) is 4.22. The Balaban J connectivity index is 1.62. The van der Waals surface area contributed by atoms with E-state index in [1.165, 1.54) is 11.1 Å². The fourth-order valence-electron chi connectivity index (χ4n) is 3.09. The number of hydrogen-bond donors (Lipinski definition) is 1. The molecule has 4 rings (SSSR count). The molecule has 0 aromatic heterocycles. The molecule has 2 nitrogen and oxygen atoms in total. The zero-order chi connectivity index (χ0) is 16.7. The smallest absolute Gasteiger partial charge is 0.258 e. The van der Waals surface area contributed by atoms with Crippen LogP contribution in [-0.2, 0) is 6.42 Å². The van der Waals surface area contributed by atoms with Crippen LogP contribution in [-0.4, -0.2) is 5.91 Å². The first-order valence-corrected chi connectivity index (χ1v) is 7.59. The predicted octanol–water partition coefficient (Wildman–Crippen LogP) is 4.79. The van der Waals surface area contributed by atoms with Crippen LogP contribution in [0.3, 0.4) is 0 Å². The number of amides is 1. The summed E-state index contributed by atoms with van der Waals surface area (Å²) in [6, 6.07) is 16.6. The van der Waals surface area contributed by atoms with Crippen LogP contribution in [0.2, 0.25) is 0 Å². The second-order valence-corrected chi connectivity index (χ2v) is 5.78. The van der Waals surface area contributed by atoms with Crippen LogP contribution < -0.4 is 5.32 Å². The standard InChI is InChI=1S/C20H13F2NO/c21-14-5-8-19(22)18(11-14)20(24)23-15-6-7-17-13(10-15)9-12-3-1-2-4-16(12)17/h1-8,10-11H,9H2,(H,23,24). The molecule has 0 spiro atoms. The summed E-state index contributed by atoms with van der Waals surface area (Å²) in [7, 11) is 0. The van der Waals surface area contributed by atoms with Gasteiger partial charge in [0, 0.05) is 5.69 Å². The van der Waals surface area contributed by atoms with Crippen molar-refractivity contribution in [1.29, 1.82) is 0 Å². The highest BCUT2D eigenvalue weighted by Gasteiger charge is 2.19. The minimum absolute atomic E-state index is 0.307. The van der Waals surface area contributed by atoms with Gasteiger partial charge in [-0.2, -0.15) is 0 Å². The van der Waals surface area contributed by atoms with Crippen molar-refractivity contribution in [3.63, 3.8) is 0 Å². The Morgan fingerprint density at radius 2 is 1.67 bits per heavy atom. The van der Waals surface area contributed by atoms with E-state index in [0.717, 1.165) is 35.7 Å². The summed E-state index contributed by atoms with van der Waals surface area (Å²) in [5.74, 6) is -2.06. The van der Waals surface area contributed by atoms with Gasteiger partial charge in [0.25, 0.3) is 5.91 Å². The fourth-order valence-corrected chi connectivity index (χ4v) is 3.09. The zero-order valence-electron chi connectivity index (χ0n) is 12.6. The number of nitrogens with one attached hydrogen (secondary N) is 1. The Morgan fingerprint density at radius 3 is 2.54 bits per heavy atom. The minimum Gasteiger partial charge on any atom is -0.322 e. The highest BCUT2D eigenvalue weighted by molar-refractivity contribution is 6.04. The maximum atomic E-state index is 13.7. The van der Waals surface area contributed by atoms with Gasteiger partial charge < -0.3 is 5.32 Å². The number of hydrogen-bond acceptors (Lipinski definition) is 1. The second kappa shape index (κ2) is 5.57. The molecule has 0 bridgehead atoms. The van der Waals surface area contributed by atoms with E-state index >= 15 is 0 Å². The molecule has 1 N–H and O–H groups in total. The van der Waals surface area contributed by atoms with Crippen molar-refractivity contribution >= 4 is 11.6 Å². The molecule has 0 saturated heterocycles. The largest absolute Gasteiger partial charge is 0.322 e. The lowest BCUT2D eigenvalue weighted by Crippen LogP contribution is -2.14. The Kier molecular flexibility index (Phi) is 3.38. The summed E-state index contributed by atoms with van der Waals surface area (Å²) in [6.45, 7) is 0. The molecule has 0 unspecified atom stereocenters. The van der Waals surface area contributed by atoms with Gasteiger partial charge in [-0.15, -0.1) is 0 Å². The van der Waals surface area contributed by atoms with E-state index in [1.807, 2.05) is 24.3 Å². The molecule has 0 saturated carbocycles. The summed E-state index contributed by atoms with van der Waals surface area (Å²) >= 11 is 0. The zero-order valence-corrected chi connectivity index (χ0v) is 12.6. The maximum Gasteiger partial charge on any atom is 0.258 e. The van der Waals surface area contributed by atoms with E-state index in [1.54, 1.807) is 6.07 Å². The van der Waals surface area contributed by atoms with Gasteiger partial charge in [-0.05, 0) is 59.0 Å². The van der Waals surface area contributed by atoms with Crippen LogP contribution in [0.25, 0.3) is 11.1 Å². The highest BCUT2D eigenvalue weighted by atomic mass is 19.1. The van der Waals surface area contributed by atoms with Crippen molar-refractivity contribution in [3.8, 4) is 11.1 Å². The van der Waals surface area contributed by atoms with Gasteiger partial charge in [-0.1, -0.05) is 30.3 Å². The van der Waals surface area contributed by atoms with E-state index in [4.69, 9.17) is 0 Å². The highest BCUT2D eigenvalue weighted by Crippen LogP contribution is 2.37. The summed E-state index contributed by atoms with van der Waals surface area (Å²) < 4.78 is 26.9. The van der Waals surface area contributed by atoms with Crippen LogP contribution in [0, 0.1) is 11.6 Å². The van der Waals surface area contributed by atoms with E-state index in [-0.39, 0.29) is 5.56 Å². The maximum absolute atomic E-state index is 13.7. The van der Waals surface area contributed by atoms with Crippen LogP contribution >= 0.6 is 0 Å². The number of carbonyl (C=O) groups is 1. The predicted molar refractivity (Wildman–Crippen MR) is 89.0 cm³/mol. The molecule has 24 heavy (non-hydrogen) atoms. The van der Waals surface area contributed by atoms with Gasteiger partial charge >= 0.3 is 0 Å². The monoisotopic (exact) mass is 321 g/mol. The van der Waals surface area contributed by atoms with Crippen LogP contribution in [0.1, 0.15) is 21.5 Å². The first-order chi connectivity index (χ1) is 11.6. The van der Waals surface area contributed by atoms with E-state index in [0.29, 0.717) is 5.69 Å². The van der Waals surface area contributed by atoms with Crippen molar-refractivity contribution in [2.45, 2.75) is 6.42 Å². The van der Waals surface area contributed by atoms with E-state index in [2.05, 4.69) is 17.4 Å². The normalized spacial score (nSPS) is 11.8. The molecule has 0 fully saturated rings. The number of anilines is 1. The molecular weight excluding hydrogens is 308 g/mol. The number of fused-ring (bicyclic) bond motifs is 3. The summed E-state index contributed by atoms with van der Waals surface area (Å²) in [6.07, 6.45) is 0.795. The summed E-state index contributed by atoms with van der Waals surface area (Å²) in [4.78, 5) is 12.2. The Bertz CT molecular complexity index is 966. The lowest BCUT2D eigenvalue weighted by molar-refractivity contribution is 0.102. The Morgan fingerprint density at radius 1 is 0.875 bits per heavy atom. The number of rotatable bonds is 2. The Labute approximate surface area is 137 Å². The lowest BCUT2D eigenvalue weighted by atomic mass is 10.1. The van der Waals surface area contributed by atoms with Crippen LogP contribution in [0.4, 0.5) is 14.5 Å². The van der Waals surface area contributed by atoms with Crippen molar-refractivity contribution in [3.05, 3.63) is 89.0 Å². The lowest BCUT2D eigenvalue weighted by Gasteiger charge is -2.08. The summed E-state index contributed by atoms with van der Waals surface area (Å²) in [5.41, 5.74) is 4.94. The third-order valence-electron chi connectivity index (χ3n) is 4.22. The van der Waals surface area contributed by atoms with Gasteiger partial charge in [0.1, 0.15) is 11.6 Å². The molecule has 1 aliphatic rings. The Hall–Kier alpha value is -3.01. The van der Waals surface area contributed by atoms with Crippen molar-refractivity contribution in [2.24, 2.45) is 0 Å². The average Bonchev–Trinajstić information content (AvgIpc) is 2.94. The van der Waals surface area contributed by atoms with Crippen LogP contribution in [0.5, 0.6) is 0 Å². The van der Waals surface area contributed by atoms with Gasteiger partial charge in [0.05, 0.1) is 5.56 Å². The van der Waals surface area contributed by atoms with Gasteiger partial charge in [-0.25, -0.2) is 8.78 Å². The molecule has 0 atom stereocenters. The minimum atomic E-state index is -0.748. The van der Waals surface area contributed by atoms with Crippen molar-refractivity contribution < 1.29 is 13.6 Å². The first kappa shape index (κ1) is 14.6. The quantitative estimate of drug-likeness (QED) is 0.565. The second-order valence-electron chi connectivity index (χ2n) is 5.78. The van der Waals surface area contributed by atoms with E-state index in [9.17, 15) is 13.6 Å².